The summed E-state index contributed by atoms with van der Waals surface area (Å²) in [5, 5.41) is 2.02. The number of rotatable bonds is 13. The zero-order valence-electron chi connectivity index (χ0n) is 36.4. The molecule has 9 heteroatoms. The second-order valence-electron chi connectivity index (χ2n) is 16.4. The number of hydrogen-bond acceptors (Lipinski definition) is 8. The van der Waals surface area contributed by atoms with Gasteiger partial charge in [-0.15, -0.1) is 0 Å². The molecule has 0 N–H and O–H groups in total. The number of nitrogens with zero attached hydrogens (tertiary/aromatic N) is 5. The first-order chi connectivity index (χ1) is 31.8. The summed E-state index contributed by atoms with van der Waals surface area (Å²) in [7, 11) is 0. The minimum Gasteiger partial charge on any atom is -0.457 e. The molecule has 4 heterocycles. The Kier molecular flexibility index (Phi) is 11.2. The predicted molar refractivity (Wildman–Crippen MR) is 257 cm³/mol. The molecule has 0 unspecified atom stereocenters. The van der Waals surface area contributed by atoms with Crippen molar-refractivity contribution >= 4 is 21.8 Å². The van der Waals surface area contributed by atoms with Gasteiger partial charge < -0.3 is 18.9 Å². The van der Waals surface area contributed by atoms with E-state index in [0.29, 0.717) is 52.2 Å². The van der Waals surface area contributed by atoms with Crippen LogP contribution in [-0.2, 0) is 0 Å². The monoisotopic (exact) mass is 851 g/mol. The van der Waals surface area contributed by atoms with E-state index < -0.39 is 0 Å². The van der Waals surface area contributed by atoms with Crippen molar-refractivity contribution in [2.45, 2.75) is 39.5 Å². The molecular weight excluding hydrogens is 807 g/mol. The van der Waals surface area contributed by atoms with Crippen molar-refractivity contribution < 1.29 is 18.9 Å². The minimum absolute atomic E-state index is 0.278. The van der Waals surface area contributed by atoms with Crippen molar-refractivity contribution in [1.82, 2.24) is 24.5 Å². The first-order valence-electron chi connectivity index (χ1n) is 21.7. The van der Waals surface area contributed by atoms with Gasteiger partial charge in [0.05, 0.1) is 11.0 Å². The van der Waals surface area contributed by atoms with Crippen LogP contribution in [0.2, 0.25) is 0 Å². The van der Waals surface area contributed by atoms with E-state index in [0.717, 1.165) is 55.2 Å². The molecule has 10 rings (SSSR count). The zero-order chi connectivity index (χ0) is 44.3. The van der Waals surface area contributed by atoms with E-state index >= 15 is 0 Å². The summed E-state index contributed by atoms with van der Waals surface area (Å²) < 4.78 is 27.6. The Morgan fingerprint density at radius 1 is 0.385 bits per heavy atom. The lowest BCUT2D eigenvalue weighted by Gasteiger charge is -2.15. The summed E-state index contributed by atoms with van der Waals surface area (Å²) in [5.41, 5.74) is 8.52. The predicted octanol–water partition coefficient (Wildman–Crippen LogP) is 15.1. The molecule has 0 bridgehead atoms. The largest absolute Gasteiger partial charge is 0.457 e. The van der Waals surface area contributed by atoms with Gasteiger partial charge in [-0.3, -0.25) is 4.57 Å². The maximum atomic E-state index is 6.50. The first kappa shape index (κ1) is 40.8. The maximum absolute atomic E-state index is 6.50. The lowest BCUT2D eigenvalue weighted by molar-refractivity contribution is 0.448. The Morgan fingerprint density at radius 2 is 0.800 bits per heavy atom. The van der Waals surface area contributed by atoms with Gasteiger partial charge in [0.15, 0.2) is 0 Å². The van der Waals surface area contributed by atoms with Gasteiger partial charge in [0.1, 0.15) is 34.5 Å². The molecule has 9 nitrogen and oxygen atoms in total. The van der Waals surface area contributed by atoms with Crippen molar-refractivity contribution in [1.29, 1.82) is 0 Å². The van der Waals surface area contributed by atoms with Crippen LogP contribution < -0.4 is 18.9 Å². The van der Waals surface area contributed by atoms with Gasteiger partial charge in [0.25, 0.3) is 0 Å². The van der Waals surface area contributed by atoms with Crippen LogP contribution in [0.5, 0.6) is 46.3 Å². The lowest BCUT2D eigenvalue weighted by Crippen LogP contribution is -2.00. The van der Waals surface area contributed by atoms with Crippen LogP contribution in [0.4, 0.5) is 0 Å². The Bertz CT molecular complexity index is 3080. The molecule has 0 aliphatic rings. The minimum atomic E-state index is 0.278. The normalized spacial score (nSPS) is 11.4. The van der Waals surface area contributed by atoms with Gasteiger partial charge in [-0.25, -0.2) is 19.9 Å². The molecule has 0 aliphatic carbocycles. The topological polar surface area (TPSA) is 93.4 Å². The Morgan fingerprint density at radius 3 is 1.23 bits per heavy atom. The summed E-state index contributed by atoms with van der Waals surface area (Å²) in [4.78, 5) is 18.7. The van der Waals surface area contributed by atoms with E-state index in [1.54, 1.807) is 18.5 Å². The van der Waals surface area contributed by atoms with Crippen molar-refractivity contribution in [2.75, 3.05) is 0 Å². The molecular formula is C56H45N5O4. The Balaban J connectivity index is 0.914. The van der Waals surface area contributed by atoms with E-state index in [2.05, 4.69) is 84.0 Å². The summed E-state index contributed by atoms with van der Waals surface area (Å²) in [6.45, 7) is 8.71. The highest BCUT2D eigenvalue weighted by atomic mass is 16.5. The van der Waals surface area contributed by atoms with Gasteiger partial charge in [-0.2, -0.15) is 0 Å². The van der Waals surface area contributed by atoms with Gasteiger partial charge in [-0.05, 0) is 88.7 Å². The van der Waals surface area contributed by atoms with E-state index in [1.165, 1.54) is 0 Å². The summed E-state index contributed by atoms with van der Waals surface area (Å²) in [6.07, 6.45) is 7.25. The molecule has 0 atom stereocenters. The first-order valence-corrected chi connectivity index (χ1v) is 21.7. The standard InChI is InChI=1S/C56H45N5O4/c1-36(2)48-32-54(59-34-50(48)38-14-7-5-8-15-38)64-42-20-11-18-40(28-42)62-44-22-24-46-47-25-23-45(31-53(47)61(52(46)30-44)56-57-26-13-27-58-56)63-41-19-12-21-43(29-41)65-55-33-49(37(3)4)51(35-60-55)39-16-9-6-10-17-39/h5-37H,1-4H3. The fraction of sp³-hybridized carbons (Fsp3) is 0.107. The van der Waals surface area contributed by atoms with Crippen LogP contribution >= 0.6 is 0 Å². The van der Waals surface area contributed by atoms with Crippen LogP contribution in [0.25, 0.3) is 50.0 Å². The van der Waals surface area contributed by atoms with Crippen molar-refractivity contribution in [3.63, 3.8) is 0 Å². The molecule has 0 amide bonds. The highest BCUT2D eigenvalue weighted by Gasteiger charge is 2.18. The third-order valence-corrected chi connectivity index (χ3v) is 11.2. The highest BCUT2D eigenvalue weighted by molar-refractivity contribution is 6.09. The Labute approximate surface area is 377 Å². The molecule has 0 saturated heterocycles. The quantitative estimate of drug-likeness (QED) is 0.113. The fourth-order valence-corrected chi connectivity index (χ4v) is 8.13. The number of ether oxygens (including phenoxy) is 4. The Hall–Kier alpha value is -8.30. The summed E-state index contributed by atoms with van der Waals surface area (Å²) >= 11 is 0. The zero-order valence-corrected chi connectivity index (χ0v) is 36.4. The molecule has 0 spiro atoms. The average Bonchev–Trinajstić information content (AvgIpc) is 3.65. The van der Waals surface area contributed by atoms with E-state index in [1.807, 2.05) is 138 Å². The van der Waals surface area contributed by atoms with Crippen LogP contribution in [0.3, 0.4) is 0 Å². The molecule has 6 aromatic carbocycles. The van der Waals surface area contributed by atoms with Gasteiger partial charge in [0.2, 0.25) is 17.7 Å². The van der Waals surface area contributed by atoms with Gasteiger partial charge in [0, 0.05) is 83.1 Å². The van der Waals surface area contributed by atoms with Gasteiger partial charge >= 0.3 is 0 Å². The van der Waals surface area contributed by atoms with E-state index in [9.17, 15) is 0 Å². The van der Waals surface area contributed by atoms with Crippen LogP contribution in [0.15, 0.2) is 189 Å². The molecule has 318 valence electrons. The summed E-state index contributed by atoms with van der Waals surface area (Å²) in [5.74, 6) is 5.86. The van der Waals surface area contributed by atoms with E-state index in [-0.39, 0.29) is 11.8 Å². The molecule has 4 aromatic heterocycles. The fourth-order valence-electron chi connectivity index (χ4n) is 8.13. The summed E-state index contributed by atoms with van der Waals surface area (Å²) in [6, 6.07) is 53.7. The number of fused-ring (bicyclic) bond motifs is 3. The number of pyridine rings is 2. The van der Waals surface area contributed by atoms with Crippen LogP contribution in [0, 0.1) is 0 Å². The smallest absolute Gasteiger partial charge is 0.234 e. The molecule has 0 radical (unpaired) electrons. The third-order valence-electron chi connectivity index (χ3n) is 11.2. The highest BCUT2D eigenvalue weighted by Crippen LogP contribution is 2.39. The van der Waals surface area contributed by atoms with Crippen molar-refractivity contribution in [3.8, 4) is 74.5 Å². The second kappa shape index (κ2) is 17.8. The molecule has 0 aliphatic heterocycles. The van der Waals surface area contributed by atoms with Crippen LogP contribution in [-0.4, -0.2) is 24.5 Å². The second-order valence-corrected chi connectivity index (χ2v) is 16.4. The van der Waals surface area contributed by atoms with Crippen LogP contribution in [0.1, 0.15) is 50.7 Å². The molecule has 0 fully saturated rings. The maximum Gasteiger partial charge on any atom is 0.234 e. The SMILES string of the molecule is CC(C)c1cc(Oc2cccc(Oc3ccc4c5ccc(Oc6cccc(Oc7cc(C(C)C)c(-c8ccccc8)cn7)c6)cc5n(-c5ncccn5)c4c3)c2)ncc1-c1ccccc1. The molecule has 65 heavy (non-hydrogen) atoms. The molecule has 0 saturated carbocycles. The number of benzene rings is 6. The lowest BCUT2D eigenvalue weighted by atomic mass is 9.94. The average molecular weight is 852 g/mol. The van der Waals surface area contributed by atoms with Crippen molar-refractivity contribution in [2.24, 2.45) is 0 Å². The van der Waals surface area contributed by atoms with E-state index in [4.69, 9.17) is 18.9 Å². The molecule has 10 aromatic rings. The number of hydrogen-bond donors (Lipinski definition) is 0. The third kappa shape index (κ3) is 8.72. The van der Waals surface area contributed by atoms with Crippen molar-refractivity contribution in [3.05, 3.63) is 200 Å². The number of aromatic nitrogens is 5. The van der Waals surface area contributed by atoms with Gasteiger partial charge in [-0.1, -0.05) is 100 Å².